The fourth-order valence-electron chi connectivity index (χ4n) is 2.02. The van der Waals surface area contributed by atoms with Gasteiger partial charge < -0.3 is 14.2 Å². The van der Waals surface area contributed by atoms with Crippen LogP contribution >= 0.6 is 0 Å². The van der Waals surface area contributed by atoms with E-state index in [1.54, 1.807) is 24.2 Å². The normalized spacial score (nSPS) is 20.2. The Hall–Kier alpha value is -1.14. The zero-order chi connectivity index (χ0) is 15.1. The van der Waals surface area contributed by atoms with Crippen molar-refractivity contribution < 1.29 is 13.7 Å². The molecular formula is C14H22BFN2O2. The van der Waals surface area contributed by atoms with E-state index >= 15 is 0 Å². The monoisotopic (exact) mass is 280 g/mol. The molecule has 20 heavy (non-hydrogen) atoms. The van der Waals surface area contributed by atoms with Crippen molar-refractivity contribution in [1.82, 2.24) is 4.98 Å². The SMILES string of the molecule is CCN(C)c1nccc(B2OC(C)(C)C(C)(C)O2)c1F. The van der Waals surface area contributed by atoms with Crippen molar-refractivity contribution in [3.63, 3.8) is 0 Å². The van der Waals surface area contributed by atoms with Crippen molar-refractivity contribution in [2.75, 3.05) is 18.5 Å². The first-order chi connectivity index (χ1) is 9.19. The molecule has 1 aromatic heterocycles. The lowest BCUT2D eigenvalue weighted by Gasteiger charge is -2.32. The van der Waals surface area contributed by atoms with E-state index in [0.717, 1.165) is 0 Å². The summed E-state index contributed by atoms with van der Waals surface area (Å²) in [5.74, 6) is -0.0601. The number of hydrogen-bond acceptors (Lipinski definition) is 4. The predicted molar refractivity (Wildman–Crippen MR) is 78.9 cm³/mol. The summed E-state index contributed by atoms with van der Waals surface area (Å²) < 4.78 is 26.4. The first-order valence-electron chi connectivity index (χ1n) is 6.91. The van der Waals surface area contributed by atoms with Gasteiger partial charge in [0.15, 0.2) is 11.6 Å². The molecule has 2 rings (SSSR count). The smallest absolute Gasteiger partial charge is 0.399 e. The average Bonchev–Trinajstić information content (AvgIpc) is 2.57. The van der Waals surface area contributed by atoms with E-state index in [1.165, 1.54) is 0 Å². The van der Waals surface area contributed by atoms with E-state index in [-0.39, 0.29) is 5.82 Å². The lowest BCUT2D eigenvalue weighted by atomic mass is 9.79. The highest BCUT2D eigenvalue weighted by molar-refractivity contribution is 6.62. The van der Waals surface area contributed by atoms with Crippen LogP contribution in [0.25, 0.3) is 0 Å². The molecule has 0 atom stereocenters. The van der Waals surface area contributed by atoms with Gasteiger partial charge in [0.05, 0.1) is 11.2 Å². The van der Waals surface area contributed by atoms with Crippen molar-refractivity contribution in [2.24, 2.45) is 0 Å². The summed E-state index contributed by atoms with van der Waals surface area (Å²) in [7, 11) is 1.10. The Morgan fingerprint density at radius 2 is 1.80 bits per heavy atom. The summed E-state index contributed by atoms with van der Waals surface area (Å²) in [6.45, 7) is 10.4. The van der Waals surface area contributed by atoms with Crippen LogP contribution in [0.2, 0.25) is 0 Å². The number of halogens is 1. The first kappa shape index (κ1) is 15.3. The van der Waals surface area contributed by atoms with Gasteiger partial charge in [-0.1, -0.05) is 0 Å². The first-order valence-corrected chi connectivity index (χ1v) is 6.91. The highest BCUT2D eigenvalue weighted by atomic mass is 19.1. The molecule has 1 aliphatic rings. The number of rotatable bonds is 3. The van der Waals surface area contributed by atoms with Gasteiger partial charge in [-0.3, -0.25) is 0 Å². The van der Waals surface area contributed by atoms with E-state index in [4.69, 9.17) is 9.31 Å². The molecule has 1 fully saturated rings. The zero-order valence-corrected chi connectivity index (χ0v) is 13.0. The van der Waals surface area contributed by atoms with Crippen molar-refractivity contribution >= 4 is 18.4 Å². The second-order valence-electron chi connectivity index (χ2n) is 6.14. The standard InChI is InChI=1S/C14H22BFN2O2/c1-7-18(6)12-11(16)10(8-9-17-12)15-19-13(2,3)14(4,5)20-15/h8-9H,7H2,1-6H3. The Kier molecular flexibility index (Phi) is 3.82. The molecule has 0 amide bonds. The van der Waals surface area contributed by atoms with Crippen LogP contribution in [0, 0.1) is 5.82 Å². The van der Waals surface area contributed by atoms with Crippen LogP contribution in [-0.2, 0) is 9.31 Å². The van der Waals surface area contributed by atoms with E-state index in [1.807, 2.05) is 34.6 Å². The molecule has 0 aliphatic carbocycles. The molecule has 2 heterocycles. The van der Waals surface area contributed by atoms with Crippen molar-refractivity contribution in [3.05, 3.63) is 18.1 Å². The molecule has 1 aliphatic heterocycles. The van der Waals surface area contributed by atoms with E-state index in [9.17, 15) is 4.39 Å². The van der Waals surface area contributed by atoms with Crippen LogP contribution in [0.1, 0.15) is 34.6 Å². The van der Waals surface area contributed by atoms with Crippen molar-refractivity contribution in [2.45, 2.75) is 45.8 Å². The van der Waals surface area contributed by atoms with Gasteiger partial charge in [0.25, 0.3) is 0 Å². The van der Waals surface area contributed by atoms with Gasteiger partial charge >= 0.3 is 7.12 Å². The molecular weight excluding hydrogens is 258 g/mol. The van der Waals surface area contributed by atoms with Crippen molar-refractivity contribution in [3.8, 4) is 0 Å². The molecule has 0 bridgehead atoms. The number of nitrogens with zero attached hydrogens (tertiary/aromatic N) is 2. The van der Waals surface area contributed by atoms with Crippen LogP contribution in [0.5, 0.6) is 0 Å². The quantitative estimate of drug-likeness (QED) is 0.793. The van der Waals surface area contributed by atoms with Gasteiger partial charge in [-0.25, -0.2) is 9.37 Å². The number of anilines is 1. The lowest BCUT2D eigenvalue weighted by molar-refractivity contribution is 0.00578. The minimum Gasteiger partial charge on any atom is -0.399 e. The third kappa shape index (κ3) is 2.42. The van der Waals surface area contributed by atoms with Crippen LogP contribution in [-0.4, -0.2) is 36.9 Å². The summed E-state index contributed by atoms with van der Waals surface area (Å²) in [5.41, 5.74) is -0.567. The third-order valence-electron chi connectivity index (χ3n) is 4.24. The third-order valence-corrected chi connectivity index (χ3v) is 4.24. The van der Waals surface area contributed by atoms with E-state index in [0.29, 0.717) is 17.8 Å². The minimum absolute atomic E-state index is 0.319. The fourth-order valence-corrected chi connectivity index (χ4v) is 2.02. The molecule has 0 N–H and O–H groups in total. The Morgan fingerprint density at radius 3 is 2.30 bits per heavy atom. The molecule has 0 spiro atoms. The fraction of sp³-hybridized carbons (Fsp3) is 0.643. The maximum absolute atomic E-state index is 14.6. The van der Waals surface area contributed by atoms with Gasteiger partial charge in [0, 0.05) is 25.3 Å². The number of aromatic nitrogens is 1. The molecule has 0 saturated carbocycles. The maximum Gasteiger partial charge on any atom is 0.498 e. The van der Waals surface area contributed by atoms with E-state index < -0.39 is 18.3 Å². The molecule has 0 aromatic carbocycles. The maximum atomic E-state index is 14.6. The molecule has 1 aromatic rings. The highest BCUT2D eigenvalue weighted by Gasteiger charge is 2.52. The van der Waals surface area contributed by atoms with Gasteiger partial charge in [-0.15, -0.1) is 0 Å². The lowest BCUT2D eigenvalue weighted by Crippen LogP contribution is -2.41. The summed E-state index contributed by atoms with van der Waals surface area (Å²) in [6.07, 6.45) is 1.59. The number of hydrogen-bond donors (Lipinski definition) is 0. The average molecular weight is 280 g/mol. The topological polar surface area (TPSA) is 34.6 Å². The second kappa shape index (κ2) is 5.00. The highest BCUT2D eigenvalue weighted by Crippen LogP contribution is 2.36. The van der Waals surface area contributed by atoms with Crippen LogP contribution in [0.15, 0.2) is 12.3 Å². The Morgan fingerprint density at radius 1 is 1.25 bits per heavy atom. The van der Waals surface area contributed by atoms with Crippen LogP contribution in [0.3, 0.4) is 0 Å². The second-order valence-corrected chi connectivity index (χ2v) is 6.14. The summed E-state index contributed by atoms with van der Waals surface area (Å²) >= 11 is 0. The summed E-state index contributed by atoms with van der Waals surface area (Å²) in [4.78, 5) is 5.85. The predicted octanol–water partition coefficient (Wildman–Crippen LogP) is 1.98. The Bertz CT molecular complexity index is 492. The molecule has 110 valence electrons. The Labute approximate surface area is 120 Å². The van der Waals surface area contributed by atoms with Gasteiger partial charge in [0.2, 0.25) is 0 Å². The minimum atomic E-state index is -0.702. The van der Waals surface area contributed by atoms with Gasteiger partial charge in [-0.05, 0) is 40.7 Å². The summed E-state index contributed by atoms with van der Waals surface area (Å²) in [6, 6.07) is 1.62. The van der Waals surface area contributed by atoms with Crippen LogP contribution < -0.4 is 10.4 Å². The summed E-state index contributed by atoms with van der Waals surface area (Å²) in [5, 5.41) is 0. The molecule has 0 unspecified atom stereocenters. The molecule has 6 heteroatoms. The Balaban J connectivity index is 2.36. The van der Waals surface area contributed by atoms with Gasteiger partial charge in [0.1, 0.15) is 0 Å². The molecule has 1 saturated heterocycles. The molecule has 0 radical (unpaired) electrons. The largest absolute Gasteiger partial charge is 0.498 e. The van der Waals surface area contributed by atoms with Gasteiger partial charge in [-0.2, -0.15) is 0 Å². The van der Waals surface area contributed by atoms with E-state index in [2.05, 4.69) is 4.98 Å². The molecule has 4 nitrogen and oxygen atoms in total. The van der Waals surface area contributed by atoms with Crippen molar-refractivity contribution in [1.29, 1.82) is 0 Å². The number of pyridine rings is 1. The zero-order valence-electron chi connectivity index (χ0n) is 13.0. The van der Waals surface area contributed by atoms with Crippen LogP contribution in [0.4, 0.5) is 10.2 Å².